The van der Waals surface area contributed by atoms with Gasteiger partial charge < -0.3 is 10.6 Å². The molecule has 0 aromatic heterocycles. The van der Waals surface area contributed by atoms with Crippen molar-refractivity contribution >= 4 is 5.69 Å². The minimum absolute atomic E-state index is 0.256. The van der Waals surface area contributed by atoms with Crippen molar-refractivity contribution in [2.45, 2.75) is 32.7 Å². The van der Waals surface area contributed by atoms with E-state index in [1.807, 2.05) is 0 Å². The summed E-state index contributed by atoms with van der Waals surface area (Å²) in [5.74, 6) is 0. The zero-order chi connectivity index (χ0) is 10.8. The van der Waals surface area contributed by atoms with Crippen molar-refractivity contribution in [1.82, 2.24) is 0 Å². The smallest absolute Gasteiger partial charge is 0.0399 e. The summed E-state index contributed by atoms with van der Waals surface area (Å²) in [5, 5.41) is 0. The first-order valence-electron chi connectivity index (χ1n) is 5.83. The molecule has 0 saturated heterocycles. The molecule has 82 valence electrons. The van der Waals surface area contributed by atoms with Crippen molar-refractivity contribution in [2.75, 3.05) is 18.0 Å². The fourth-order valence-corrected chi connectivity index (χ4v) is 2.35. The Labute approximate surface area is 92.1 Å². The molecule has 0 saturated carbocycles. The van der Waals surface area contributed by atoms with E-state index in [2.05, 4.69) is 36.9 Å². The SMILES string of the molecule is CCN1CCc2cc(C[C@H](C)N)ccc21. The molecule has 2 rings (SSSR count). The summed E-state index contributed by atoms with van der Waals surface area (Å²) in [6, 6.07) is 7.06. The normalized spacial score (nSPS) is 16.6. The van der Waals surface area contributed by atoms with Gasteiger partial charge in [0.15, 0.2) is 0 Å². The molecule has 1 aliphatic heterocycles. The summed E-state index contributed by atoms with van der Waals surface area (Å²) in [6.07, 6.45) is 2.18. The summed E-state index contributed by atoms with van der Waals surface area (Å²) in [4.78, 5) is 2.44. The summed E-state index contributed by atoms with van der Waals surface area (Å²) in [5.41, 5.74) is 10.1. The van der Waals surface area contributed by atoms with E-state index in [4.69, 9.17) is 5.73 Å². The van der Waals surface area contributed by atoms with E-state index in [0.717, 1.165) is 13.0 Å². The summed E-state index contributed by atoms with van der Waals surface area (Å²) < 4.78 is 0. The molecule has 0 bridgehead atoms. The molecule has 2 heteroatoms. The maximum absolute atomic E-state index is 5.81. The summed E-state index contributed by atoms with van der Waals surface area (Å²) >= 11 is 0. The van der Waals surface area contributed by atoms with Crippen LogP contribution in [0.2, 0.25) is 0 Å². The molecule has 0 radical (unpaired) electrons. The third kappa shape index (κ3) is 2.15. The highest BCUT2D eigenvalue weighted by molar-refractivity contribution is 5.59. The summed E-state index contributed by atoms with van der Waals surface area (Å²) in [6.45, 7) is 6.56. The number of hydrogen-bond acceptors (Lipinski definition) is 2. The van der Waals surface area contributed by atoms with E-state index >= 15 is 0 Å². The number of anilines is 1. The Morgan fingerprint density at radius 1 is 1.47 bits per heavy atom. The van der Waals surface area contributed by atoms with Crippen molar-refractivity contribution in [3.63, 3.8) is 0 Å². The first-order valence-corrected chi connectivity index (χ1v) is 5.83. The molecular weight excluding hydrogens is 184 g/mol. The van der Waals surface area contributed by atoms with Crippen LogP contribution in [0, 0.1) is 0 Å². The van der Waals surface area contributed by atoms with Gasteiger partial charge in [-0.15, -0.1) is 0 Å². The van der Waals surface area contributed by atoms with Crippen LogP contribution in [0.4, 0.5) is 5.69 Å². The predicted molar refractivity (Wildman–Crippen MR) is 65.4 cm³/mol. The van der Waals surface area contributed by atoms with Crippen LogP contribution in [0.5, 0.6) is 0 Å². The van der Waals surface area contributed by atoms with E-state index in [1.165, 1.54) is 29.8 Å². The van der Waals surface area contributed by atoms with E-state index in [0.29, 0.717) is 0 Å². The van der Waals surface area contributed by atoms with Crippen molar-refractivity contribution in [3.05, 3.63) is 29.3 Å². The highest BCUT2D eigenvalue weighted by atomic mass is 15.1. The van der Waals surface area contributed by atoms with Gasteiger partial charge >= 0.3 is 0 Å². The van der Waals surface area contributed by atoms with Crippen LogP contribution in [0.3, 0.4) is 0 Å². The molecule has 1 heterocycles. The first-order chi connectivity index (χ1) is 7.20. The van der Waals surface area contributed by atoms with Crippen molar-refractivity contribution < 1.29 is 0 Å². The zero-order valence-corrected chi connectivity index (χ0v) is 9.66. The highest BCUT2D eigenvalue weighted by Crippen LogP contribution is 2.28. The molecular formula is C13H20N2. The van der Waals surface area contributed by atoms with Crippen LogP contribution in [-0.2, 0) is 12.8 Å². The number of nitrogens with zero attached hydrogens (tertiary/aromatic N) is 1. The van der Waals surface area contributed by atoms with Gasteiger partial charge in [-0.05, 0) is 43.9 Å². The summed E-state index contributed by atoms with van der Waals surface area (Å²) in [7, 11) is 0. The average Bonchev–Trinajstić information content (AvgIpc) is 2.58. The Kier molecular flexibility index (Phi) is 2.96. The second kappa shape index (κ2) is 4.23. The van der Waals surface area contributed by atoms with E-state index < -0.39 is 0 Å². The zero-order valence-electron chi connectivity index (χ0n) is 9.66. The molecule has 1 aliphatic rings. The quantitative estimate of drug-likeness (QED) is 0.815. The van der Waals surface area contributed by atoms with Crippen LogP contribution in [-0.4, -0.2) is 19.1 Å². The van der Waals surface area contributed by atoms with Gasteiger partial charge in [0.05, 0.1) is 0 Å². The van der Waals surface area contributed by atoms with Crippen molar-refractivity contribution in [3.8, 4) is 0 Å². The molecule has 2 N–H and O–H groups in total. The average molecular weight is 204 g/mol. The lowest BCUT2D eigenvalue weighted by Crippen LogP contribution is -2.19. The number of benzene rings is 1. The van der Waals surface area contributed by atoms with Crippen LogP contribution in [0.15, 0.2) is 18.2 Å². The number of nitrogens with two attached hydrogens (primary N) is 1. The van der Waals surface area contributed by atoms with Crippen LogP contribution in [0.25, 0.3) is 0 Å². The van der Waals surface area contributed by atoms with E-state index in [-0.39, 0.29) is 6.04 Å². The van der Waals surface area contributed by atoms with Crippen LogP contribution < -0.4 is 10.6 Å². The van der Waals surface area contributed by atoms with Crippen molar-refractivity contribution in [2.24, 2.45) is 5.73 Å². The standard InChI is InChI=1S/C13H20N2/c1-3-15-7-6-12-9-11(8-10(2)14)4-5-13(12)15/h4-5,9-10H,3,6-8,14H2,1-2H3/t10-/m0/s1. The molecule has 0 amide bonds. The maximum atomic E-state index is 5.81. The molecule has 0 fully saturated rings. The highest BCUT2D eigenvalue weighted by Gasteiger charge is 2.17. The minimum atomic E-state index is 0.256. The Hall–Kier alpha value is -1.02. The first kappa shape index (κ1) is 10.5. The van der Waals surface area contributed by atoms with Gasteiger partial charge in [-0.3, -0.25) is 0 Å². The lowest BCUT2D eigenvalue weighted by Gasteiger charge is -2.16. The van der Waals surface area contributed by atoms with Gasteiger partial charge in [0.1, 0.15) is 0 Å². The molecule has 0 spiro atoms. The fraction of sp³-hybridized carbons (Fsp3) is 0.538. The van der Waals surface area contributed by atoms with Gasteiger partial charge in [0.2, 0.25) is 0 Å². The number of rotatable bonds is 3. The lowest BCUT2D eigenvalue weighted by atomic mass is 10.0. The predicted octanol–water partition coefficient (Wildman–Crippen LogP) is 1.96. The fourth-order valence-electron chi connectivity index (χ4n) is 2.35. The second-order valence-electron chi connectivity index (χ2n) is 4.47. The molecule has 0 unspecified atom stereocenters. The third-order valence-electron chi connectivity index (χ3n) is 3.08. The van der Waals surface area contributed by atoms with Gasteiger partial charge in [-0.2, -0.15) is 0 Å². The van der Waals surface area contributed by atoms with Gasteiger partial charge in [-0.25, -0.2) is 0 Å². The molecule has 0 aliphatic carbocycles. The molecule has 1 atom stereocenters. The van der Waals surface area contributed by atoms with Gasteiger partial charge in [-0.1, -0.05) is 12.1 Å². The van der Waals surface area contributed by atoms with E-state index in [9.17, 15) is 0 Å². The maximum Gasteiger partial charge on any atom is 0.0399 e. The van der Waals surface area contributed by atoms with Gasteiger partial charge in [0.25, 0.3) is 0 Å². The topological polar surface area (TPSA) is 29.3 Å². The largest absolute Gasteiger partial charge is 0.371 e. The van der Waals surface area contributed by atoms with Gasteiger partial charge in [0, 0.05) is 24.8 Å². The molecule has 1 aromatic carbocycles. The molecule has 1 aromatic rings. The minimum Gasteiger partial charge on any atom is -0.371 e. The number of likely N-dealkylation sites (N-methyl/N-ethyl adjacent to an activating group) is 1. The Balaban J connectivity index is 2.21. The van der Waals surface area contributed by atoms with Crippen molar-refractivity contribution in [1.29, 1.82) is 0 Å². The lowest BCUT2D eigenvalue weighted by molar-refractivity contribution is 0.737. The molecule has 2 nitrogen and oxygen atoms in total. The van der Waals surface area contributed by atoms with Crippen LogP contribution >= 0.6 is 0 Å². The number of hydrogen-bond donors (Lipinski definition) is 1. The third-order valence-corrected chi connectivity index (χ3v) is 3.08. The molecule has 15 heavy (non-hydrogen) atoms. The van der Waals surface area contributed by atoms with E-state index in [1.54, 1.807) is 0 Å². The Morgan fingerprint density at radius 2 is 2.27 bits per heavy atom. The Bertz CT molecular complexity index is 344. The number of fused-ring (bicyclic) bond motifs is 1. The van der Waals surface area contributed by atoms with Crippen LogP contribution in [0.1, 0.15) is 25.0 Å². The Morgan fingerprint density at radius 3 is 2.93 bits per heavy atom. The second-order valence-corrected chi connectivity index (χ2v) is 4.47. The monoisotopic (exact) mass is 204 g/mol.